The number of rotatable bonds is 3. The zero-order valence-electron chi connectivity index (χ0n) is 18.5. The minimum atomic E-state index is -1.03. The number of amides is 2. The molecular weight excluding hydrogens is 440 g/mol. The molecule has 0 atom stereocenters. The number of nitrogens with one attached hydrogen (secondary N) is 1. The van der Waals surface area contributed by atoms with E-state index in [1.807, 2.05) is 0 Å². The molecule has 0 radical (unpaired) electrons. The number of imidazole rings is 1. The second kappa shape index (κ2) is 8.02. The lowest BCUT2D eigenvalue weighted by Crippen LogP contribution is -2.63. The number of hydrogen-bond acceptors (Lipinski definition) is 4. The molecule has 4 aromatic rings. The van der Waals surface area contributed by atoms with Crippen LogP contribution in [0.3, 0.4) is 0 Å². The quantitative estimate of drug-likeness (QED) is 0.505. The number of nitrogens with zero attached hydrogens (tertiary/aromatic N) is 4. The van der Waals surface area contributed by atoms with Crippen LogP contribution in [0.15, 0.2) is 60.8 Å². The van der Waals surface area contributed by atoms with Crippen molar-refractivity contribution in [3.8, 4) is 22.4 Å². The molecule has 0 aliphatic carbocycles. The lowest BCUT2D eigenvalue weighted by molar-refractivity contribution is -0.133. The first-order valence-electron chi connectivity index (χ1n) is 10.8. The van der Waals surface area contributed by atoms with Gasteiger partial charge in [-0.3, -0.25) is 9.59 Å². The molecule has 1 saturated heterocycles. The fourth-order valence-electron chi connectivity index (χ4n) is 4.08. The molecule has 2 aromatic heterocycles. The van der Waals surface area contributed by atoms with E-state index in [1.165, 1.54) is 39.9 Å². The zero-order chi connectivity index (χ0) is 24.0. The number of hydrogen-bond donors (Lipinski definition) is 1. The van der Waals surface area contributed by atoms with Gasteiger partial charge in [0.2, 0.25) is 5.91 Å². The molecule has 3 heterocycles. The van der Waals surface area contributed by atoms with Gasteiger partial charge in [-0.1, -0.05) is 12.1 Å². The fourth-order valence-corrected chi connectivity index (χ4v) is 4.08. The van der Waals surface area contributed by atoms with Crippen molar-refractivity contribution in [1.29, 1.82) is 0 Å². The van der Waals surface area contributed by atoms with Crippen molar-refractivity contribution in [2.24, 2.45) is 0 Å². The van der Waals surface area contributed by atoms with Crippen LogP contribution in [0.25, 0.3) is 28.0 Å². The number of carbonyl (C=O) groups is 2. The number of aromatic nitrogens is 3. The Balaban J connectivity index is 1.66. The summed E-state index contributed by atoms with van der Waals surface area (Å²) in [5, 5.41) is 7.36. The van der Waals surface area contributed by atoms with E-state index in [4.69, 9.17) is 0 Å². The maximum atomic E-state index is 13.6. The molecular formula is C25H21F2N5O2. The Morgan fingerprint density at radius 3 is 2.26 bits per heavy atom. The van der Waals surface area contributed by atoms with Crippen LogP contribution in [0.5, 0.6) is 0 Å². The lowest BCUT2D eigenvalue weighted by atomic mass is 9.98. The van der Waals surface area contributed by atoms with Gasteiger partial charge in [0.25, 0.3) is 5.91 Å². The Kier molecular flexibility index (Phi) is 5.11. The van der Waals surface area contributed by atoms with Crippen LogP contribution < -0.4 is 5.32 Å². The van der Waals surface area contributed by atoms with Gasteiger partial charge in [0.15, 0.2) is 5.65 Å². The zero-order valence-corrected chi connectivity index (χ0v) is 18.5. The molecule has 34 heavy (non-hydrogen) atoms. The minimum absolute atomic E-state index is 0.134. The molecule has 1 aliphatic heterocycles. The highest BCUT2D eigenvalue weighted by Gasteiger charge is 2.41. The third-order valence-electron chi connectivity index (χ3n) is 6.04. The molecule has 1 fully saturated rings. The van der Waals surface area contributed by atoms with Crippen LogP contribution in [-0.2, 0) is 4.79 Å². The maximum absolute atomic E-state index is 13.6. The second-order valence-electron chi connectivity index (χ2n) is 8.62. The lowest BCUT2D eigenvalue weighted by Gasteiger charge is -2.40. The summed E-state index contributed by atoms with van der Waals surface area (Å²) in [5.41, 5.74) is 2.01. The highest BCUT2D eigenvalue weighted by atomic mass is 19.1. The summed E-state index contributed by atoms with van der Waals surface area (Å²) < 4.78 is 28.5. The van der Waals surface area contributed by atoms with Gasteiger partial charge in [0, 0.05) is 24.2 Å². The highest BCUT2D eigenvalue weighted by molar-refractivity contribution is 5.99. The highest BCUT2D eigenvalue weighted by Crippen LogP contribution is 2.30. The van der Waals surface area contributed by atoms with Crippen molar-refractivity contribution < 1.29 is 18.4 Å². The van der Waals surface area contributed by atoms with Gasteiger partial charge in [-0.25, -0.2) is 18.3 Å². The van der Waals surface area contributed by atoms with Crippen LogP contribution in [0.1, 0.15) is 24.3 Å². The Hall–Kier alpha value is -4.14. The third kappa shape index (κ3) is 3.68. The van der Waals surface area contributed by atoms with Crippen LogP contribution in [0.4, 0.5) is 8.78 Å². The van der Waals surface area contributed by atoms with E-state index in [9.17, 15) is 18.4 Å². The molecule has 5 rings (SSSR count). The second-order valence-corrected chi connectivity index (χ2v) is 8.62. The van der Waals surface area contributed by atoms with Crippen LogP contribution in [0, 0.1) is 11.6 Å². The molecule has 7 nitrogen and oxygen atoms in total. The predicted octanol–water partition coefficient (Wildman–Crippen LogP) is 3.69. The topological polar surface area (TPSA) is 79.6 Å². The normalized spacial score (nSPS) is 15.4. The first-order valence-corrected chi connectivity index (χ1v) is 10.8. The molecule has 1 aliphatic rings. The summed E-state index contributed by atoms with van der Waals surface area (Å²) in [6.07, 6.45) is 1.51. The summed E-state index contributed by atoms with van der Waals surface area (Å²) in [6.45, 7) is 4.08. The summed E-state index contributed by atoms with van der Waals surface area (Å²) in [5.74, 6) is -1.37. The van der Waals surface area contributed by atoms with E-state index in [0.717, 1.165) is 0 Å². The minimum Gasteiger partial charge on any atom is -0.352 e. The van der Waals surface area contributed by atoms with Crippen molar-refractivity contribution in [3.63, 3.8) is 0 Å². The average molecular weight is 461 g/mol. The number of piperazine rings is 1. The number of carbonyl (C=O) groups excluding carboxylic acids is 2. The summed E-state index contributed by atoms with van der Waals surface area (Å²) in [4.78, 5) is 31.7. The van der Waals surface area contributed by atoms with E-state index < -0.39 is 11.4 Å². The molecule has 0 bridgehead atoms. The number of benzene rings is 2. The van der Waals surface area contributed by atoms with Crippen molar-refractivity contribution in [2.45, 2.75) is 19.4 Å². The monoisotopic (exact) mass is 461 g/mol. The molecule has 0 unspecified atom stereocenters. The molecule has 2 amide bonds. The van der Waals surface area contributed by atoms with E-state index in [2.05, 4.69) is 15.4 Å². The van der Waals surface area contributed by atoms with Crippen molar-refractivity contribution in [2.75, 3.05) is 13.1 Å². The van der Waals surface area contributed by atoms with Crippen molar-refractivity contribution in [1.82, 2.24) is 24.8 Å². The average Bonchev–Trinajstić information content (AvgIpc) is 3.25. The van der Waals surface area contributed by atoms with Crippen LogP contribution >= 0.6 is 0 Å². The number of halogens is 2. The molecule has 1 N–H and O–H groups in total. The van der Waals surface area contributed by atoms with E-state index in [-0.39, 0.29) is 23.2 Å². The van der Waals surface area contributed by atoms with Gasteiger partial charge < -0.3 is 10.2 Å². The molecule has 2 aromatic carbocycles. The van der Waals surface area contributed by atoms with Crippen LogP contribution in [-0.4, -0.2) is 49.9 Å². The van der Waals surface area contributed by atoms with Gasteiger partial charge in [-0.2, -0.15) is 5.10 Å². The molecule has 0 saturated carbocycles. The van der Waals surface area contributed by atoms with Crippen molar-refractivity contribution in [3.05, 3.63) is 78.1 Å². The Bertz CT molecular complexity index is 1410. The standard InChI is InChI=1S/C25H21F2N5O2/c1-25(2)24(34)28-11-12-31(25)23(33)21-14-32-22(29-21)19(15-3-7-17(26)8-4-15)13-20(30-32)16-5-9-18(27)10-6-16/h3-10,13-14H,11-12H2,1-2H3,(H,28,34). The smallest absolute Gasteiger partial charge is 0.275 e. The fraction of sp³-hybridized carbons (Fsp3) is 0.200. The van der Waals surface area contributed by atoms with E-state index in [0.29, 0.717) is 41.1 Å². The summed E-state index contributed by atoms with van der Waals surface area (Å²) in [6, 6.07) is 13.6. The van der Waals surface area contributed by atoms with E-state index in [1.54, 1.807) is 44.2 Å². The Morgan fingerprint density at radius 1 is 1.00 bits per heavy atom. The van der Waals surface area contributed by atoms with Gasteiger partial charge in [0.1, 0.15) is 22.9 Å². The first kappa shape index (κ1) is 21.7. The van der Waals surface area contributed by atoms with E-state index >= 15 is 0 Å². The largest absolute Gasteiger partial charge is 0.352 e. The Morgan fingerprint density at radius 2 is 1.62 bits per heavy atom. The van der Waals surface area contributed by atoms with Gasteiger partial charge in [-0.05, 0) is 61.9 Å². The van der Waals surface area contributed by atoms with Gasteiger partial charge >= 0.3 is 0 Å². The molecule has 9 heteroatoms. The number of fused-ring (bicyclic) bond motifs is 1. The summed E-state index contributed by atoms with van der Waals surface area (Å²) in [7, 11) is 0. The molecule has 172 valence electrons. The van der Waals surface area contributed by atoms with Gasteiger partial charge in [-0.15, -0.1) is 0 Å². The third-order valence-corrected chi connectivity index (χ3v) is 6.04. The first-order chi connectivity index (χ1) is 16.2. The Labute approximate surface area is 194 Å². The summed E-state index contributed by atoms with van der Waals surface area (Å²) >= 11 is 0. The SMILES string of the molecule is CC1(C)C(=O)NCCN1C(=O)c1cn2nc(-c3ccc(F)cc3)cc(-c3ccc(F)cc3)c2n1. The van der Waals surface area contributed by atoms with Crippen LogP contribution in [0.2, 0.25) is 0 Å². The molecule has 0 spiro atoms. The predicted molar refractivity (Wildman–Crippen MR) is 122 cm³/mol. The maximum Gasteiger partial charge on any atom is 0.275 e. The van der Waals surface area contributed by atoms with Crippen molar-refractivity contribution >= 4 is 17.5 Å². The van der Waals surface area contributed by atoms with Gasteiger partial charge in [0.05, 0.1) is 11.9 Å².